The van der Waals surface area contributed by atoms with E-state index in [4.69, 9.17) is 14.6 Å². The molecule has 20 heavy (non-hydrogen) atoms. The zero-order valence-electron chi connectivity index (χ0n) is 11.8. The number of carboxylic acid groups (broad SMARTS) is 1. The summed E-state index contributed by atoms with van der Waals surface area (Å²) in [7, 11) is 1.58. The average Bonchev–Trinajstić information content (AvgIpc) is 2.43. The van der Waals surface area contributed by atoms with Crippen LogP contribution in [0.2, 0.25) is 0 Å². The highest BCUT2D eigenvalue weighted by Gasteiger charge is 2.28. The predicted molar refractivity (Wildman–Crippen MR) is 72.9 cm³/mol. The minimum Gasteiger partial charge on any atom is -0.497 e. The van der Waals surface area contributed by atoms with Crippen LogP contribution in [0.25, 0.3) is 0 Å². The van der Waals surface area contributed by atoms with Crippen LogP contribution >= 0.6 is 0 Å². The summed E-state index contributed by atoms with van der Waals surface area (Å²) >= 11 is 0. The van der Waals surface area contributed by atoms with Crippen LogP contribution in [0, 0.1) is 5.41 Å². The van der Waals surface area contributed by atoms with Gasteiger partial charge >= 0.3 is 5.97 Å². The molecule has 0 unspecified atom stereocenters. The lowest BCUT2D eigenvalue weighted by molar-refractivity contribution is -0.140. The number of ether oxygens (including phenoxy) is 2. The van der Waals surface area contributed by atoms with Crippen molar-refractivity contribution in [2.45, 2.75) is 13.8 Å². The van der Waals surface area contributed by atoms with E-state index in [9.17, 15) is 9.59 Å². The lowest BCUT2D eigenvalue weighted by Crippen LogP contribution is -2.42. The molecule has 6 nitrogen and oxygen atoms in total. The minimum absolute atomic E-state index is 0.144. The van der Waals surface area contributed by atoms with Crippen molar-refractivity contribution in [2.24, 2.45) is 5.41 Å². The Morgan fingerprint density at radius 3 is 2.25 bits per heavy atom. The third-order valence-corrected chi connectivity index (χ3v) is 2.67. The maximum atomic E-state index is 11.8. The molecule has 1 aromatic rings. The third-order valence-electron chi connectivity index (χ3n) is 2.67. The molecule has 0 heterocycles. The Morgan fingerprint density at radius 2 is 1.75 bits per heavy atom. The van der Waals surface area contributed by atoms with Gasteiger partial charge in [0.2, 0.25) is 5.91 Å². The first-order chi connectivity index (χ1) is 9.35. The molecule has 0 bridgehead atoms. The van der Waals surface area contributed by atoms with Crippen molar-refractivity contribution >= 4 is 11.9 Å². The molecule has 110 valence electrons. The SMILES string of the molecule is COc1ccc(OCC(C)(C)C(=O)NCC(=O)O)cc1. The highest BCUT2D eigenvalue weighted by Crippen LogP contribution is 2.21. The number of aliphatic carboxylic acids is 1. The maximum absolute atomic E-state index is 11.8. The zero-order chi connectivity index (χ0) is 15.2. The fourth-order valence-electron chi connectivity index (χ4n) is 1.40. The lowest BCUT2D eigenvalue weighted by atomic mass is 9.93. The Balaban J connectivity index is 2.52. The van der Waals surface area contributed by atoms with E-state index in [-0.39, 0.29) is 12.5 Å². The topological polar surface area (TPSA) is 84.9 Å². The summed E-state index contributed by atoms with van der Waals surface area (Å²) in [4.78, 5) is 22.2. The molecule has 0 aliphatic carbocycles. The number of methoxy groups -OCH3 is 1. The summed E-state index contributed by atoms with van der Waals surface area (Å²) in [5.41, 5.74) is -0.824. The number of rotatable bonds is 7. The van der Waals surface area contributed by atoms with Crippen molar-refractivity contribution in [3.63, 3.8) is 0 Å². The molecule has 2 N–H and O–H groups in total. The van der Waals surface area contributed by atoms with E-state index >= 15 is 0 Å². The zero-order valence-corrected chi connectivity index (χ0v) is 11.8. The van der Waals surface area contributed by atoms with Gasteiger partial charge in [0.25, 0.3) is 0 Å². The van der Waals surface area contributed by atoms with Gasteiger partial charge < -0.3 is 19.9 Å². The molecule has 0 saturated heterocycles. The van der Waals surface area contributed by atoms with Crippen LogP contribution in [0.4, 0.5) is 0 Å². The third kappa shape index (κ3) is 4.79. The molecular weight excluding hydrogens is 262 g/mol. The van der Waals surface area contributed by atoms with Gasteiger partial charge in [-0.15, -0.1) is 0 Å². The second kappa shape index (κ2) is 6.79. The van der Waals surface area contributed by atoms with Crippen LogP contribution in [-0.2, 0) is 9.59 Å². The Hall–Kier alpha value is -2.24. The summed E-state index contributed by atoms with van der Waals surface area (Å²) in [6.45, 7) is 3.12. The Kier molecular flexibility index (Phi) is 5.37. The number of hydrogen-bond acceptors (Lipinski definition) is 4. The van der Waals surface area contributed by atoms with Gasteiger partial charge in [-0.05, 0) is 38.1 Å². The molecule has 0 aromatic heterocycles. The summed E-state index contributed by atoms with van der Waals surface area (Å²) < 4.78 is 10.6. The molecule has 1 amide bonds. The van der Waals surface area contributed by atoms with Gasteiger partial charge in [0, 0.05) is 0 Å². The first kappa shape index (κ1) is 15.8. The fraction of sp³-hybridized carbons (Fsp3) is 0.429. The van der Waals surface area contributed by atoms with E-state index < -0.39 is 17.9 Å². The first-order valence-electron chi connectivity index (χ1n) is 6.12. The van der Waals surface area contributed by atoms with Crippen molar-refractivity contribution in [3.8, 4) is 11.5 Å². The Morgan fingerprint density at radius 1 is 1.20 bits per heavy atom. The van der Waals surface area contributed by atoms with Crippen LogP contribution in [0.3, 0.4) is 0 Å². The number of benzene rings is 1. The molecular formula is C14H19NO5. The summed E-state index contributed by atoms with van der Waals surface area (Å²) in [5, 5.41) is 10.9. The number of carboxylic acids is 1. The highest BCUT2D eigenvalue weighted by atomic mass is 16.5. The number of carbonyl (C=O) groups excluding carboxylic acids is 1. The van der Waals surface area contributed by atoms with E-state index in [1.807, 2.05) is 0 Å². The molecule has 0 fully saturated rings. The predicted octanol–water partition coefficient (Wildman–Crippen LogP) is 1.30. The Labute approximate surface area is 117 Å². The lowest BCUT2D eigenvalue weighted by Gasteiger charge is -2.23. The van der Waals surface area contributed by atoms with Gasteiger partial charge in [-0.2, -0.15) is 0 Å². The van der Waals surface area contributed by atoms with E-state index in [0.717, 1.165) is 5.75 Å². The Bertz CT molecular complexity index is 467. The van der Waals surface area contributed by atoms with Crippen LogP contribution in [-0.4, -0.2) is 37.2 Å². The summed E-state index contributed by atoms with van der Waals surface area (Å²) in [6.07, 6.45) is 0. The number of amides is 1. The van der Waals surface area contributed by atoms with Crippen molar-refractivity contribution in [1.82, 2.24) is 5.32 Å². The first-order valence-corrected chi connectivity index (χ1v) is 6.12. The number of hydrogen-bond donors (Lipinski definition) is 2. The van der Waals surface area contributed by atoms with Crippen molar-refractivity contribution in [3.05, 3.63) is 24.3 Å². The smallest absolute Gasteiger partial charge is 0.322 e. The molecule has 0 saturated carbocycles. The van der Waals surface area contributed by atoms with E-state index in [1.54, 1.807) is 45.2 Å². The van der Waals surface area contributed by atoms with Crippen molar-refractivity contribution in [1.29, 1.82) is 0 Å². The van der Waals surface area contributed by atoms with E-state index in [0.29, 0.717) is 5.75 Å². The molecule has 1 aromatic carbocycles. The monoisotopic (exact) mass is 281 g/mol. The molecule has 0 atom stereocenters. The number of nitrogens with one attached hydrogen (secondary N) is 1. The number of carbonyl (C=O) groups is 2. The van der Waals surface area contributed by atoms with Crippen LogP contribution in [0.1, 0.15) is 13.8 Å². The van der Waals surface area contributed by atoms with Crippen LogP contribution in [0.15, 0.2) is 24.3 Å². The quantitative estimate of drug-likeness (QED) is 0.787. The van der Waals surface area contributed by atoms with Gasteiger partial charge in [-0.3, -0.25) is 9.59 Å². The van der Waals surface area contributed by atoms with E-state index in [1.165, 1.54) is 0 Å². The normalized spacial score (nSPS) is 10.8. The molecule has 0 spiro atoms. The van der Waals surface area contributed by atoms with Gasteiger partial charge in [-0.25, -0.2) is 0 Å². The maximum Gasteiger partial charge on any atom is 0.322 e. The van der Waals surface area contributed by atoms with Gasteiger partial charge in [0.15, 0.2) is 0 Å². The van der Waals surface area contributed by atoms with Crippen molar-refractivity contribution < 1.29 is 24.2 Å². The molecule has 6 heteroatoms. The molecule has 0 aliphatic rings. The summed E-state index contributed by atoms with van der Waals surface area (Å²) in [6, 6.07) is 6.99. The van der Waals surface area contributed by atoms with Gasteiger partial charge in [-0.1, -0.05) is 0 Å². The van der Waals surface area contributed by atoms with Gasteiger partial charge in [0.1, 0.15) is 24.7 Å². The standard InChI is InChI=1S/C14H19NO5/c1-14(2,13(18)15-8-12(16)17)9-20-11-6-4-10(19-3)5-7-11/h4-7H,8-9H2,1-3H3,(H,15,18)(H,16,17). The van der Waals surface area contributed by atoms with Crippen LogP contribution < -0.4 is 14.8 Å². The van der Waals surface area contributed by atoms with Gasteiger partial charge in [0.05, 0.1) is 12.5 Å². The van der Waals surface area contributed by atoms with Crippen LogP contribution in [0.5, 0.6) is 11.5 Å². The second-order valence-electron chi connectivity index (χ2n) is 4.92. The van der Waals surface area contributed by atoms with Crippen molar-refractivity contribution in [2.75, 3.05) is 20.3 Å². The average molecular weight is 281 g/mol. The second-order valence-corrected chi connectivity index (χ2v) is 4.92. The fourth-order valence-corrected chi connectivity index (χ4v) is 1.40. The molecule has 0 aliphatic heterocycles. The summed E-state index contributed by atoms with van der Waals surface area (Å²) in [5.74, 6) is -0.112. The highest BCUT2D eigenvalue weighted by molar-refractivity contribution is 5.85. The largest absolute Gasteiger partial charge is 0.497 e. The molecule has 1 rings (SSSR count). The molecule has 0 radical (unpaired) electrons. The van der Waals surface area contributed by atoms with E-state index in [2.05, 4.69) is 5.32 Å². The minimum atomic E-state index is -1.08.